The molecule has 2 nitrogen and oxygen atoms in total. The van der Waals surface area contributed by atoms with Crippen molar-refractivity contribution in [3.05, 3.63) is 52.0 Å². The molecule has 0 aromatic heterocycles. The van der Waals surface area contributed by atoms with Crippen molar-refractivity contribution >= 4 is 27.3 Å². The minimum atomic E-state index is -0.0935. The molecule has 0 bridgehead atoms. The minimum absolute atomic E-state index is 0.0935. The highest BCUT2D eigenvalue weighted by atomic mass is 79.9. The number of phenolic OH excluding ortho intramolecular Hbond substituents is 1. The lowest BCUT2D eigenvalue weighted by molar-refractivity contribution is 0.474. The molecule has 3 heteroatoms. The van der Waals surface area contributed by atoms with E-state index in [9.17, 15) is 5.11 Å². The quantitative estimate of drug-likeness (QED) is 0.749. The van der Waals surface area contributed by atoms with Gasteiger partial charge in [0.1, 0.15) is 5.75 Å². The summed E-state index contributed by atoms with van der Waals surface area (Å²) in [6.07, 6.45) is 0. The largest absolute Gasteiger partial charge is 0.508 e. The summed E-state index contributed by atoms with van der Waals surface area (Å²) in [4.78, 5) is 0. The van der Waals surface area contributed by atoms with Crippen LogP contribution in [0.15, 0.2) is 40.9 Å². The Morgan fingerprint density at radius 3 is 2.67 bits per heavy atom. The van der Waals surface area contributed by atoms with Crippen LogP contribution in [0.3, 0.4) is 0 Å². The molecule has 18 heavy (non-hydrogen) atoms. The highest BCUT2D eigenvalue weighted by molar-refractivity contribution is 9.10. The second-order valence-electron chi connectivity index (χ2n) is 5.14. The molecule has 0 saturated carbocycles. The van der Waals surface area contributed by atoms with Crippen molar-refractivity contribution in [2.75, 3.05) is 5.32 Å². The zero-order chi connectivity index (χ0) is 12.9. The van der Waals surface area contributed by atoms with E-state index in [4.69, 9.17) is 0 Å². The molecule has 92 valence electrons. The molecule has 1 heterocycles. The Morgan fingerprint density at radius 1 is 1.11 bits per heavy atom. The molecule has 3 rings (SSSR count). The lowest BCUT2D eigenvalue weighted by Crippen LogP contribution is -2.26. The van der Waals surface area contributed by atoms with E-state index in [1.54, 1.807) is 12.1 Å². The monoisotopic (exact) mass is 303 g/mol. The van der Waals surface area contributed by atoms with Crippen molar-refractivity contribution in [3.8, 4) is 5.75 Å². The van der Waals surface area contributed by atoms with Crippen LogP contribution in [0.2, 0.25) is 0 Å². The van der Waals surface area contributed by atoms with Gasteiger partial charge in [0.05, 0.1) is 0 Å². The van der Waals surface area contributed by atoms with Crippen LogP contribution in [0.4, 0.5) is 11.4 Å². The molecule has 2 N–H and O–H groups in total. The molecule has 0 saturated heterocycles. The van der Waals surface area contributed by atoms with Crippen molar-refractivity contribution in [2.24, 2.45) is 0 Å². The number of halogens is 1. The van der Waals surface area contributed by atoms with Gasteiger partial charge in [0.25, 0.3) is 0 Å². The van der Waals surface area contributed by atoms with Crippen LogP contribution in [0, 0.1) is 0 Å². The summed E-state index contributed by atoms with van der Waals surface area (Å²) in [7, 11) is 0. The summed E-state index contributed by atoms with van der Waals surface area (Å²) in [5.74, 6) is 0.287. The molecule has 1 aliphatic heterocycles. The van der Waals surface area contributed by atoms with Gasteiger partial charge < -0.3 is 10.4 Å². The maximum atomic E-state index is 9.61. The van der Waals surface area contributed by atoms with E-state index < -0.39 is 0 Å². The maximum Gasteiger partial charge on any atom is 0.117 e. The van der Waals surface area contributed by atoms with Crippen molar-refractivity contribution in [3.63, 3.8) is 0 Å². The Morgan fingerprint density at radius 2 is 1.89 bits per heavy atom. The smallest absolute Gasteiger partial charge is 0.117 e. The van der Waals surface area contributed by atoms with Gasteiger partial charge in [-0.2, -0.15) is 0 Å². The number of phenols is 1. The zero-order valence-corrected chi connectivity index (χ0v) is 11.9. The molecule has 0 spiro atoms. The van der Waals surface area contributed by atoms with E-state index >= 15 is 0 Å². The van der Waals surface area contributed by atoms with Gasteiger partial charge in [0.15, 0.2) is 0 Å². The van der Waals surface area contributed by atoms with Gasteiger partial charge in [0, 0.05) is 27.3 Å². The fraction of sp³-hybridized carbons (Fsp3) is 0.200. The molecule has 0 amide bonds. The number of nitrogens with one attached hydrogen (secondary N) is 1. The summed E-state index contributed by atoms with van der Waals surface area (Å²) < 4.78 is 1.11. The van der Waals surface area contributed by atoms with E-state index in [1.807, 2.05) is 12.1 Å². The Hall–Kier alpha value is -1.48. The summed E-state index contributed by atoms with van der Waals surface area (Å²) in [5, 5.41) is 13.0. The van der Waals surface area contributed by atoms with Crippen LogP contribution in [-0.2, 0) is 5.41 Å². The molecule has 0 unspecified atom stereocenters. The minimum Gasteiger partial charge on any atom is -0.508 e. The van der Waals surface area contributed by atoms with Gasteiger partial charge in [-0.3, -0.25) is 0 Å². The Labute approximate surface area is 115 Å². The summed E-state index contributed by atoms with van der Waals surface area (Å²) in [6, 6.07) is 11.6. The predicted molar refractivity (Wildman–Crippen MR) is 77.7 cm³/mol. The Bertz CT molecular complexity index is 634. The summed E-state index contributed by atoms with van der Waals surface area (Å²) in [5.41, 5.74) is 4.42. The Kier molecular flexibility index (Phi) is 2.42. The van der Waals surface area contributed by atoms with Gasteiger partial charge in [0.2, 0.25) is 0 Å². The third kappa shape index (κ3) is 1.54. The topological polar surface area (TPSA) is 32.3 Å². The SMILES string of the molecule is CC1(C)c2ccc(O)cc2Nc2cccc(Br)c21. The van der Waals surface area contributed by atoms with Gasteiger partial charge in [-0.15, -0.1) is 0 Å². The van der Waals surface area contributed by atoms with E-state index in [1.165, 1.54) is 11.1 Å². The number of hydrogen-bond donors (Lipinski definition) is 2. The fourth-order valence-corrected chi connectivity index (χ4v) is 3.59. The van der Waals surface area contributed by atoms with E-state index in [2.05, 4.69) is 47.2 Å². The third-order valence-electron chi connectivity index (χ3n) is 3.58. The number of rotatable bonds is 0. The van der Waals surface area contributed by atoms with Crippen LogP contribution in [0.5, 0.6) is 5.75 Å². The molecule has 1 aliphatic rings. The van der Waals surface area contributed by atoms with E-state index in [0.29, 0.717) is 0 Å². The molecular formula is C15H14BrNO. The highest BCUT2D eigenvalue weighted by Gasteiger charge is 2.34. The first-order valence-corrected chi connectivity index (χ1v) is 6.69. The second-order valence-corrected chi connectivity index (χ2v) is 6.00. The van der Waals surface area contributed by atoms with Gasteiger partial charge in [-0.25, -0.2) is 0 Å². The van der Waals surface area contributed by atoms with Gasteiger partial charge in [-0.05, 0) is 29.3 Å². The van der Waals surface area contributed by atoms with Gasteiger partial charge >= 0.3 is 0 Å². The van der Waals surface area contributed by atoms with Crippen LogP contribution < -0.4 is 5.32 Å². The van der Waals surface area contributed by atoms with Crippen LogP contribution in [-0.4, -0.2) is 5.11 Å². The molecule has 0 atom stereocenters. The normalized spacial score (nSPS) is 15.5. The molecule has 2 aromatic carbocycles. The van der Waals surface area contributed by atoms with Gasteiger partial charge in [-0.1, -0.05) is 41.9 Å². The number of fused-ring (bicyclic) bond motifs is 2. The zero-order valence-electron chi connectivity index (χ0n) is 10.3. The van der Waals surface area contributed by atoms with Crippen molar-refractivity contribution in [1.29, 1.82) is 0 Å². The standard InChI is InChI=1S/C15H14BrNO/c1-15(2)10-7-6-9(18)8-13(10)17-12-5-3-4-11(16)14(12)15/h3-8,17-18H,1-2H3. The average molecular weight is 304 g/mol. The summed E-state index contributed by atoms with van der Waals surface area (Å²) in [6.45, 7) is 4.40. The fourth-order valence-electron chi connectivity index (χ4n) is 2.72. The number of anilines is 2. The molecule has 0 radical (unpaired) electrons. The number of benzene rings is 2. The van der Waals surface area contributed by atoms with Crippen molar-refractivity contribution in [2.45, 2.75) is 19.3 Å². The van der Waals surface area contributed by atoms with Crippen LogP contribution >= 0.6 is 15.9 Å². The first-order chi connectivity index (χ1) is 8.50. The summed E-state index contributed by atoms with van der Waals surface area (Å²) >= 11 is 3.63. The van der Waals surface area contributed by atoms with Crippen molar-refractivity contribution in [1.82, 2.24) is 0 Å². The third-order valence-corrected chi connectivity index (χ3v) is 4.25. The lowest BCUT2D eigenvalue weighted by atomic mass is 9.74. The first-order valence-electron chi connectivity index (χ1n) is 5.89. The number of hydrogen-bond acceptors (Lipinski definition) is 2. The maximum absolute atomic E-state index is 9.61. The Balaban J connectivity index is 2.30. The van der Waals surface area contributed by atoms with Crippen LogP contribution in [0.25, 0.3) is 0 Å². The average Bonchev–Trinajstić information content (AvgIpc) is 2.27. The second kappa shape index (κ2) is 3.75. The molecule has 0 fully saturated rings. The van der Waals surface area contributed by atoms with E-state index in [-0.39, 0.29) is 11.2 Å². The van der Waals surface area contributed by atoms with Crippen molar-refractivity contribution < 1.29 is 5.11 Å². The van der Waals surface area contributed by atoms with Crippen LogP contribution in [0.1, 0.15) is 25.0 Å². The first kappa shape index (κ1) is 11.6. The van der Waals surface area contributed by atoms with E-state index in [0.717, 1.165) is 15.8 Å². The molecule has 2 aromatic rings. The number of aromatic hydroxyl groups is 1. The highest BCUT2D eigenvalue weighted by Crippen LogP contribution is 2.48. The lowest BCUT2D eigenvalue weighted by Gasteiger charge is -2.36. The molecular weight excluding hydrogens is 290 g/mol. The molecule has 0 aliphatic carbocycles. The predicted octanol–water partition coefficient (Wildman–Crippen LogP) is 4.54.